The highest BCUT2D eigenvalue weighted by atomic mass is 16.8. The van der Waals surface area contributed by atoms with Crippen LogP contribution in [-0.2, 0) is 85.4 Å². The molecule has 0 aromatic carbocycles. The van der Waals surface area contributed by atoms with Crippen LogP contribution in [0.15, 0.2) is 0 Å². The Balaban J connectivity index is 0.000000158. The zero-order valence-corrected chi connectivity index (χ0v) is 44.5. The van der Waals surface area contributed by atoms with E-state index < -0.39 is 144 Å². The first-order valence-corrected chi connectivity index (χ1v) is 27.0. The maximum absolute atomic E-state index is 12.1. The molecule has 15 atom stereocenters. The number of cyclic esters (lactones) is 3. The maximum atomic E-state index is 12.1. The van der Waals surface area contributed by atoms with Crippen LogP contribution in [0, 0.1) is 0 Å². The van der Waals surface area contributed by atoms with Gasteiger partial charge in [-0.1, -0.05) is 83.1 Å². The molecule has 9 aliphatic heterocycles. The van der Waals surface area contributed by atoms with Gasteiger partial charge in [-0.2, -0.15) is 0 Å². The van der Waals surface area contributed by atoms with Crippen LogP contribution in [0.1, 0.15) is 160 Å². The van der Waals surface area contributed by atoms with Crippen molar-refractivity contribution in [2.45, 2.75) is 286 Å². The number of ether oxygens (including phenoxy) is 15. The molecule has 0 aliphatic carbocycles. The molecule has 21 nitrogen and oxygen atoms in total. The summed E-state index contributed by atoms with van der Waals surface area (Å²) in [5, 5.41) is 32.2. The van der Waals surface area contributed by atoms with Gasteiger partial charge >= 0.3 is 17.9 Å². The summed E-state index contributed by atoms with van der Waals surface area (Å²) >= 11 is 0. The van der Waals surface area contributed by atoms with Crippen molar-refractivity contribution in [3.63, 3.8) is 0 Å². The highest BCUT2D eigenvalue weighted by Gasteiger charge is 2.64. The highest BCUT2D eigenvalue weighted by Crippen LogP contribution is 2.46. The molecule has 414 valence electrons. The maximum Gasteiger partial charge on any atom is 0.338 e. The second-order valence-corrected chi connectivity index (χ2v) is 20.1. The molecule has 0 spiro atoms. The van der Waals surface area contributed by atoms with E-state index in [1.807, 2.05) is 83.1 Å². The number of rotatable bonds is 18. The van der Waals surface area contributed by atoms with Gasteiger partial charge in [0.1, 0.15) is 54.9 Å². The molecule has 3 N–H and O–H groups in total. The lowest BCUT2D eigenvalue weighted by Gasteiger charge is -2.30. The van der Waals surface area contributed by atoms with Crippen LogP contribution in [-0.4, -0.2) is 179 Å². The van der Waals surface area contributed by atoms with Crippen LogP contribution in [0.3, 0.4) is 0 Å². The van der Waals surface area contributed by atoms with Crippen molar-refractivity contribution in [3.8, 4) is 0 Å². The van der Waals surface area contributed by atoms with Gasteiger partial charge in [0.2, 0.25) is 0 Å². The van der Waals surface area contributed by atoms with Crippen molar-refractivity contribution in [2.75, 3.05) is 19.8 Å². The first kappa shape index (κ1) is 57.5. The van der Waals surface area contributed by atoms with E-state index in [1.54, 1.807) is 0 Å². The fraction of sp³-hybridized carbons (Fsp3) is 0.941. The molecule has 0 amide bonds. The fourth-order valence-electron chi connectivity index (χ4n) is 11.3. The Bertz CT molecular complexity index is 1620. The molecule has 0 saturated carbocycles. The molecule has 21 heteroatoms. The number of esters is 3. The van der Waals surface area contributed by atoms with Crippen molar-refractivity contribution in [1.82, 2.24) is 0 Å². The first-order valence-electron chi connectivity index (χ1n) is 27.0. The number of carbonyl (C=O) groups excluding carboxylic acids is 3. The van der Waals surface area contributed by atoms with Gasteiger partial charge in [0.25, 0.3) is 0 Å². The molecule has 0 unspecified atom stereocenters. The average molecular weight is 1030 g/mol. The molecular formula is C51H84O21. The van der Waals surface area contributed by atoms with E-state index in [-0.39, 0.29) is 19.8 Å². The third-order valence-corrected chi connectivity index (χ3v) is 16.6. The van der Waals surface area contributed by atoms with Crippen LogP contribution in [0.2, 0.25) is 0 Å². The Morgan fingerprint density at radius 3 is 0.736 bits per heavy atom. The lowest BCUT2D eigenvalue weighted by Crippen LogP contribution is -2.46. The number of carbonyl (C=O) groups is 3. The summed E-state index contributed by atoms with van der Waals surface area (Å²) < 4.78 is 86.7. The van der Waals surface area contributed by atoms with Gasteiger partial charge in [-0.3, -0.25) is 0 Å². The number of hydrogen-bond donors (Lipinski definition) is 3. The summed E-state index contributed by atoms with van der Waals surface area (Å²) in [5.74, 6) is -5.80. The van der Waals surface area contributed by atoms with E-state index in [2.05, 4.69) is 0 Å². The van der Waals surface area contributed by atoms with Crippen LogP contribution < -0.4 is 0 Å². The first-order chi connectivity index (χ1) is 34.3. The molecular weight excluding hydrogens is 949 g/mol. The van der Waals surface area contributed by atoms with E-state index in [4.69, 9.17) is 71.1 Å². The van der Waals surface area contributed by atoms with Crippen LogP contribution >= 0.6 is 0 Å². The van der Waals surface area contributed by atoms with Crippen molar-refractivity contribution in [1.29, 1.82) is 0 Å². The lowest BCUT2D eigenvalue weighted by molar-refractivity contribution is -0.221. The highest BCUT2D eigenvalue weighted by molar-refractivity contribution is 5.79. The Kier molecular flexibility index (Phi) is 18.2. The van der Waals surface area contributed by atoms with Gasteiger partial charge in [0.15, 0.2) is 71.3 Å². The molecule has 0 aromatic heterocycles. The van der Waals surface area contributed by atoms with Crippen molar-refractivity contribution < 1.29 is 101 Å². The van der Waals surface area contributed by atoms with E-state index in [1.165, 1.54) is 0 Å². The predicted octanol–water partition coefficient (Wildman–Crippen LogP) is 4.51. The Morgan fingerprint density at radius 1 is 0.347 bits per heavy atom. The summed E-state index contributed by atoms with van der Waals surface area (Å²) in [6.07, 6.45) is -3.39. The number of aliphatic hydroxyl groups excluding tert-OH is 3. The molecule has 9 heterocycles. The molecule has 9 fully saturated rings. The standard InChI is InChI=1S/3C17H28O7/c3*1-5-16(6-2)20-9-10(22-16)11(18)12-13-14(15(19)21-12)24-17(7-3,8-4)23-13/h3*10-14,18H,5-9H2,1-4H3/t3*10-,11+,12-,13-,14-/m111/s1. The fourth-order valence-corrected chi connectivity index (χ4v) is 11.3. The average Bonchev–Trinajstić information content (AvgIpc) is 4.29. The van der Waals surface area contributed by atoms with Crippen LogP contribution in [0.4, 0.5) is 0 Å². The van der Waals surface area contributed by atoms with E-state index in [0.717, 1.165) is 0 Å². The quantitative estimate of drug-likeness (QED) is 0.126. The number of fused-ring (bicyclic) bond motifs is 3. The van der Waals surface area contributed by atoms with Gasteiger partial charge in [-0.05, 0) is 77.0 Å². The largest absolute Gasteiger partial charge is 0.455 e. The van der Waals surface area contributed by atoms with Gasteiger partial charge in [-0.15, -0.1) is 0 Å². The molecule has 0 aromatic rings. The van der Waals surface area contributed by atoms with Crippen molar-refractivity contribution in [2.24, 2.45) is 0 Å². The molecule has 72 heavy (non-hydrogen) atoms. The summed E-state index contributed by atoms with van der Waals surface area (Å²) in [6, 6.07) is 0. The zero-order chi connectivity index (χ0) is 52.6. The third kappa shape index (κ3) is 10.6. The van der Waals surface area contributed by atoms with Crippen molar-refractivity contribution in [3.05, 3.63) is 0 Å². The molecule has 9 rings (SSSR count). The van der Waals surface area contributed by atoms with E-state index in [9.17, 15) is 29.7 Å². The summed E-state index contributed by atoms with van der Waals surface area (Å²) in [4.78, 5) is 36.4. The second kappa shape index (κ2) is 22.8. The van der Waals surface area contributed by atoms with Crippen LogP contribution in [0.5, 0.6) is 0 Å². The van der Waals surface area contributed by atoms with Gasteiger partial charge in [-0.25, -0.2) is 14.4 Å². The summed E-state index contributed by atoms with van der Waals surface area (Å²) in [5.41, 5.74) is 0. The number of aliphatic hydroxyl groups is 3. The third-order valence-electron chi connectivity index (χ3n) is 16.6. The number of hydrogen-bond acceptors (Lipinski definition) is 21. The van der Waals surface area contributed by atoms with E-state index >= 15 is 0 Å². The Hall–Kier alpha value is -2.19. The minimum atomic E-state index is -1.02. The summed E-state index contributed by atoms with van der Waals surface area (Å²) in [7, 11) is 0. The lowest BCUT2D eigenvalue weighted by atomic mass is 10.0. The minimum Gasteiger partial charge on any atom is -0.455 e. The predicted molar refractivity (Wildman–Crippen MR) is 249 cm³/mol. The van der Waals surface area contributed by atoms with Crippen molar-refractivity contribution >= 4 is 17.9 Å². The Labute approximate surface area is 424 Å². The van der Waals surface area contributed by atoms with Gasteiger partial charge < -0.3 is 86.4 Å². The second-order valence-electron chi connectivity index (χ2n) is 20.1. The van der Waals surface area contributed by atoms with Gasteiger partial charge in [0, 0.05) is 0 Å². The monoisotopic (exact) mass is 1030 g/mol. The molecule has 0 radical (unpaired) electrons. The molecule has 9 aliphatic rings. The summed E-state index contributed by atoms with van der Waals surface area (Å²) in [6.45, 7) is 24.4. The van der Waals surface area contributed by atoms with E-state index in [0.29, 0.717) is 77.0 Å². The topological polar surface area (TPSA) is 250 Å². The van der Waals surface area contributed by atoms with Crippen LogP contribution in [0.25, 0.3) is 0 Å². The normalized spacial score (nSPS) is 38.1. The smallest absolute Gasteiger partial charge is 0.338 e. The van der Waals surface area contributed by atoms with Gasteiger partial charge in [0.05, 0.1) is 19.8 Å². The molecule has 9 saturated heterocycles. The minimum absolute atomic E-state index is 0.266. The SMILES string of the molecule is CCC1(CC)OC[C@H]([C@H](O)[C@H]2OC(=O)[C@@H]3OC(CC)(CC)O[C@H]23)O1.CCC1(CC)OC[C@H]([C@H](O)[C@H]2OC(=O)[C@@H]3OC(CC)(CC)O[C@H]23)O1.CCC1(CC)OC[C@H]([C@H](O)[C@H]2OC(=O)[C@@H]3OC(CC)(CC)O[C@H]23)O1. The zero-order valence-electron chi connectivity index (χ0n) is 44.5. The molecule has 0 bridgehead atoms. The Morgan fingerprint density at radius 2 is 0.556 bits per heavy atom.